The lowest BCUT2D eigenvalue weighted by Crippen LogP contribution is -2.48. The van der Waals surface area contributed by atoms with Crippen molar-refractivity contribution in [3.63, 3.8) is 0 Å². The Bertz CT molecular complexity index is 536. The summed E-state index contributed by atoms with van der Waals surface area (Å²) in [4.78, 5) is 16.9. The highest BCUT2D eigenvalue weighted by Gasteiger charge is 2.41. The Kier molecular flexibility index (Phi) is 3.65. The molecule has 0 bridgehead atoms. The van der Waals surface area contributed by atoms with Crippen LogP contribution in [-0.2, 0) is 11.3 Å². The number of amides is 1. The quantitative estimate of drug-likeness (QED) is 0.872. The number of carbonyl (C=O) groups excluding carboxylic acids is 1. The minimum atomic E-state index is 0.137. The molecular weight excluding hydrogens is 266 g/mol. The summed E-state index contributed by atoms with van der Waals surface area (Å²) in [6, 6.07) is 1.80. The average molecular weight is 291 g/mol. The fraction of sp³-hybridized carbons (Fsp3) is 0.733. The Morgan fingerprint density at radius 3 is 2.81 bits per heavy atom. The fourth-order valence-electron chi connectivity index (χ4n) is 3.83. The van der Waals surface area contributed by atoms with Crippen molar-refractivity contribution in [1.29, 1.82) is 0 Å². The summed E-state index contributed by atoms with van der Waals surface area (Å²) in [5, 5.41) is 4.28. The van der Waals surface area contributed by atoms with Crippen molar-refractivity contribution >= 4 is 11.7 Å². The summed E-state index contributed by atoms with van der Waals surface area (Å²) in [6.07, 6.45) is 3.55. The van der Waals surface area contributed by atoms with Gasteiger partial charge in [-0.25, -0.2) is 4.68 Å². The van der Waals surface area contributed by atoms with E-state index in [1.54, 1.807) is 10.7 Å². The van der Waals surface area contributed by atoms with Gasteiger partial charge in [0.1, 0.15) is 12.4 Å². The molecule has 21 heavy (non-hydrogen) atoms. The smallest absolute Gasteiger partial charge is 0.244 e. The highest BCUT2D eigenvalue weighted by atomic mass is 16.2. The Labute approximate surface area is 125 Å². The monoisotopic (exact) mass is 291 g/mol. The van der Waals surface area contributed by atoms with Gasteiger partial charge >= 0.3 is 0 Å². The highest BCUT2D eigenvalue weighted by molar-refractivity contribution is 5.76. The number of aryl methyl sites for hydroxylation is 1. The Morgan fingerprint density at radius 1 is 1.38 bits per heavy atom. The zero-order valence-electron chi connectivity index (χ0n) is 13.0. The standard InChI is InChI=1S/C15H25N5O/c1-12-8-13(16)20(17-12)9-14(21)19-6-3-4-15(11-19)5-7-18(2)10-15/h8H,3-7,9-11,16H2,1-2H3/t15-/m0/s1. The van der Waals surface area contributed by atoms with Gasteiger partial charge in [-0.3, -0.25) is 4.79 Å². The Morgan fingerprint density at radius 2 is 2.19 bits per heavy atom. The van der Waals surface area contributed by atoms with Gasteiger partial charge in [0, 0.05) is 31.1 Å². The van der Waals surface area contributed by atoms with Crippen LogP contribution in [-0.4, -0.2) is 58.7 Å². The number of rotatable bonds is 2. The number of aromatic nitrogens is 2. The summed E-state index contributed by atoms with van der Waals surface area (Å²) in [7, 11) is 2.17. The van der Waals surface area contributed by atoms with Crippen molar-refractivity contribution in [2.45, 2.75) is 32.7 Å². The number of anilines is 1. The second kappa shape index (κ2) is 5.33. The molecule has 0 aromatic carbocycles. The molecule has 0 saturated carbocycles. The number of hydrogen-bond acceptors (Lipinski definition) is 4. The molecule has 0 radical (unpaired) electrons. The highest BCUT2D eigenvalue weighted by Crippen LogP contribution is 2.38. The lowest BCUT2D eigenvalue weighted by molar-refractivity contribution is -0.135. The molecule has 1 atom stereocenters. The normalized spacial score (nSPS) is 26.7. The molecule has 1 amide bonds. The van der Waals surface area contributed by atoms with E-state index in [-0.39, 0.29) is 12.5 Å². The zero-order chi connectivity index (χ0) is 15.0. The predicted molar refractivity (Wildman–Crippen MR) is 81.7 cm³/mol. The topological polar surface area (TPSA) is 67.4 Å². The van der Waals surface area contributed by atoms with Crippen molar-refractivity contribution in [3.8, 4) is 0 Å². The molecule has 1 aromatic heterocycles. The number of nitrogens with two attached hydrogens (primary N) is 1. The van der Waals surface area contributed by atoms with Gasteiger partial charge in [-0.2, -0.15) is 5.10 Å². The summed E-state index contributed by atoms with van der Waals surface area (Å²) < 4.78 is 1.61. The first-order valence-electron chi connectivity index (χ1n) is 7.74. The van der Waals surface area contributed by atoms with Crippen molar-refractivity contribution in [2.75, 3.05) is 39.0 Å². The van der Waals surface area contributed by atoms with E-state index in [1.807, 2.05) is 11.8 Å². The van der Waals surface area contributed by atoms with E-state index in [2.05, 4.69) is 17.0 Å². The SMILES string of the molecule is Cc1cc(N)n(CC(=O)N2CCC[C@@]3(CCN(C)C3)C2)n1. The molecule has 3 rings (SSSR count). The molecule has 0 unspecified atom stereocenters. The van der Waals surface area contributed by atoms with Gasteiger partial charge in [0.25, 0.3) is 0 Å². The van der Waals surface area contributed by atoms with Crippen LogP contribution in [0.25, 0.3) is 0 Å². The van der Waals surface area contributed by atoms with E-state index >= 15 is 0 Å². The van der Waals surface area contributed by atoms with Gasteiger partial charge in [0.2, 0.25) is 5.91 Å². The Balaban J connectivity index is 1.66. The van der Waals surface area contributed by atoms with Crippen molar-refractivity contribution in [1.82, 2.24) is 19.6 Å². The van der Waals surface area contributed by atoms with Crippen LogP contribution in [0.3, 0.4) is 0 Å². The molecule has 2 fully saturated rings. The maximum Gasteiger partial charge on any atom is 0.244 e. The van der Waals surface area contributed by atoms with Crippen LogP contribution in [0.5, 0.6) is 0 Å². The van der Waals surface area contributed by atoms with Gasteiger partial charge in [-0.1, -0.05) is 0 Å². The third-order valence-corrected chi connectivity index (χ3v) is 4.86. The Hall–Kier alpha value is -1.56. The summed E-state index contributed by atoms with van der Waals surface area (Å²) in [6.45, 7) is 6.15. The fourth-order valence-corrected chi connectivity index (χ4v) is 3.83. The average Bonchev–Trinajstić information content (AvgIpc) is 2.93. The summed E-state index contributed by atoms with van der Waals surface area (Å²) >= 11 is 0. The minimum Gasteiger partial charge on any atom is -0.384 e. The third-order valence-electron chi connectivity index (χ3n) is 4.86. The first kappa shape index (κ1) is 14.4. The van der Waals surface area contributed by atoms with E-state index in [9.17, 15) is 4.79 Å². The maximum atomic E-state index is 12.5. The van der Waals surface area contributed by atoms with E-state index in [4.69, 9.17) is 5.73 Å². The lowest BCUT2D eigenvalue weighted by Gasteiger charge is -2.40. The minimum absolute atomic E-state index is 0.137. The van der Waals surface area contributed by atoms with Crippen LogP contribution in [0.15, 0.2) is 6.07 Å². The second-order valence-electron chi connectivity index (χ2n) is 6.77. The molecule has 1 spiro atoms. The number of nitrogen functional groups attached to an aromatic ring is 1. The van der Waals surface area contributed by atoms with Gasteiger partial charge in [0.05, 0.1) is 5.69 Å². The predicted octanol–water partition coefficient (Wildman–Crippen LogP) is 0.718. The maximum absolute atomic E-state index is 12.5. The second-order valence-corrected chi connectivity index (χ2v) is 6.77. The van der Waals surface area contributed by atoms with Crippen molar-refractivity contribution < 1.29 is 4.79 Å². The summed E-state index contributed by atoms with van der Waals surface area (Å²) in [5.41, 5.74) is 7.04. The third kappa shape index (κ3) is 2.90. The summed E-state index contributed by atoms with van der Waals surface area (Å²) in [5.74, 6) is 0.701. The van der Waals surface area contributed by atoms with Gasteiger partial charge in [0.15, 0.2) is 0 Å². The van der Waals surface area contributed by atoms with Gasteiger partial charge in [-0.15, -0.1) is 0 Å². The number of piperidine rings is 1. The van der Waals surface area contributed by atoms with Crippen LogP contribution in [0.4, 0.5) is 5.82 Å². The lowest BCUT2D eigenvalue weighted by atomic mass is 9.79. The van der Waals surface area contributed by atoms with E-state index in [0.717, 1.165) is 38.3 Å². The molecule has 6 nitrogen and oxygen atoms in total. The number of carbonyl (C=O) groups is 1. The number of likely N-dealkylation sites (tertiary alicyclic amines) is 2. The molecule has 3 heterocycles. The van der Waals surface area contributed by atoms with Crippen LogP contribution >= 0.6 is 0 Å². The molecule has 116 valence electrons. The van der Waals surface area contributed by atoms with Crippen LogP contribution in [0, 0.1) is 12.3 Å². The van der Waals surface area contributed by atoms with Gasteiger partial charge in [-0.05, 0) is 39.8 Å². The molecular formula is C15H25N5O. The van der Waals surface area contributed by atoms with Crippen LogP contribution in [0.2, 0.25) is 0 Å². The molecule has 2 saturated heterocycles. The molecule has 2 aliphatic rings. The first-order chi connectivity index (χ1) is 9.97. The van der Waals surface area contributed by atoms with Crippen molar-refractivity contribution in [3.05, 3.63) is 11.8 Å². The van der Waals surface area contributed by atoms with E-state index in [0.29, 0.717) is 11.2 Å². The first-order valence-corrected chi connectivity index (χ1v) is 7.74. The van der Waals surface area contributed by atoms with Crippen molar-refractivity contribution in [2.24, 2.45) is 5.41 Å². The molecule has 0 aliphatic carbocycles. The van der Waals surface area contributed by atoms with Crippen LogP contribution in [0.1, 0.15) is 25.0 Å². The molecule has 2 N–H and O–H groups in total. The van der Waals surface area contributed by atoms with E-state index < -0.39 is 0 Å². The van der Waals surface area contributed by atoms with E-state index in [1.165, 1.54) is 12.8 Å². The van der Waals surface area contributed by atoms with Crippen LogP contribution < -0.4 is 5.73 Å². The molecule has 6 heteroatoms. The largest absolute Gasteiger partial charge is 0.384 e. The zero-order valence-corrected chi connectivity index (χ0v) is 13.0. The van der Waals surface area contributed by atoms with Gasteiger partial charge < -0.3 is 15.5 Å². The molecule has 2 aliphatic heterocycles. The molecule has 1 aromatic rings. The number of hydrogen-bond donors (Lipinski definition) is 1. The number of nitrogens with zero attached hydrogens (tertiary/aromatic N) is 4.